The second-order valence-corrected chi connectivity index (χ2v) is 6.22. The molecule has 0 spiro atoms. The fourth-order valence-corrected chi connectivity index (χ4v) is 3.31. The maximum atomic E-state index is 12.6. The molecule has 0 saturated carbocycles. The van der Waals surface area contributed by atoms with Crippen LogP contribution >= 0.6 is 0 Å². The van der Waals surface area contributed by atoms with E-state index in [0.29, 0.717) is 6.04 Å². The van der Waals surface area contributed by atoms with Gasteiger partial charge in [0.2, 0.25) is 0 Å². The first-order valence-corrected chi connectivity index (χ1v) is 8.69. The zero-order valence-electron chi connectivity index (χ0n) is 13.4. The molecule has 1 saturated heterocycles. The Hall–Kier alpha value is -1.31. The Balaban J connectivity index is 1.76. The quantitative estimate of drug-likeness (QED) is 0.613. The van der Waals surface area contributed by atoms with Gasteiger partial charge in [0.05, 0.1) is 0 Å². The number of nitrogens with zero attached hydrogens (tertiary/aromatic N) is 1. The summed E-state index contributed by atoms with van der Waals surface area (Å²) in [4.78, 5) is 14.7. The molecular formula is C19H29NO. The van der Waals surface area contributed by atoms with Crippen LogP contribution in [0.4, 0.5) is 0 Å². The van der Waals surface area contributed by atoms with Crippen LogP contribution in [-0.2, 0) is 0 Å². The molecular weight excluding hydrogens is 258 g/mol. The molecule has 1 aromatic rings. The van der Waals surface area contributed by atoms with Crippen molar-refractivity contribution in [3.8, 4) is 0 Å². The highest BCUT2D eigenvalue weighted by molar-refractivity contribution is 5.94. The Bertz CT molecular complexity index is 415. The van der Waals surface area contributed by atoms with Crippen LogP contribution in [-0.4, -0.2) is 23.4 Å². The zero-order valence-corrected chi connectivity index (χ0v) is 13.4. The standard InChI is InChI=1S/C19H29NO/c1-2-3-4-5-6-10-14-18-15-11-16-20(18)19(21)17-12-8-7-9-13-17/h7-9,12-13,18H,2-6,10-11,14-16H2,1H3/t18-/m1/s1. The normalized spacial score (nSPS) is 18.1. The van der Waals surface area contributed by atoms with Crippen molar-refractivity contribution in [2.24, 2.45) is 0 Å². The van der Waals surface area contributed by atoms with Gasteiger partial charge >= 0.3 is 0 Å². The lowest BCUT2D eigenvalue weighted by Crippen LogP contribution is -2.35. The van der Waals surface area contributed by atoms with E-state index in [1.807, 2.05) is 30.3 Å². The summed E-state index contributed by atoms with van der Waals surface area (Å²) in [6, 6.07) is 10.2. The highest BCUT2D eigenvalue weighted by Crippen LogP contribution is 2.24. The van der Waals surface area contributed by atoms with Gasteiger partial charge in [0.15, 0.2) is 0 Å². The maximum Gasteiger partial charge on any atom is 0.254 e. The molecule has 1 heterocycles. The van der Waals surface area contributed by atoms with E-state index in [4.69, 9.17) is 0 Å². The fraction of sp³-hybridized carbons (Fsp3) is 0.632. The monoisotopic (exact) mass is 287 g/mol. The lowest BCUT2D eigenvalue weighted by molar-refractivity contribution is 0.0728. The van der Waals surface area contributed by atoms with Crippen LogP contribution in [0.1, 0.15) is 75.1 Å². The molecule has 116 valence electrons. The number of carbonyl (C=O) groups is 1. The summed E-state index contributed by atoms with van der Waals surface area (Å²) in [5.41, 5.74) is 0.840. The summed E-state index contributed by atoms with van der Waals surface area (Å²) in [5.74, 6) is 0.226. The first-order chi connectivity index (χ1) is 10.3. The second-order valence-electron chi connectivity index (χ2n) is 6.22. The van der Waals surface area contributed by atoms with Crippen LogP contribution in [0, 0.1) is 0 Å². The van der Waals surface area contributed by atoms with Gasteiger partial charge in [0, 0.05) is 18.2 Å². The summed E-state index contributed by atoms with van der Waals surface area (Å²) in [6.45, 7) is 3.19. The van der Waals surface area contributed by atoms with Crippen LogP contribution in [0.25, 0.3) is 0 Å². The van der Waals surface area contributed by atoms with Crippen molar-refractivity contribution in [1.82, 2.24) is 4.90 Å². The average Bonchev–Trinajstić information content (AvgIpc) is 2.99. The summed E-state index contributed by atoms with van der Waals surface area (Å²) >= 11 is 0. The van der Waals surface area contributed by atoms with E-state index < -0.39 is 0 Å². The van der Waals surface area contributed by atoms with Crippen molar-refractivity contribution in [3.05, 3.63) is 35.9 Å². The number of benzene rings is 1. The van der Waals surface area contributed by atoms with E-state index in [0.717, 1.165) is 12.1 Å². The Morgan fingerprint density at radius 3 is 2.57 bits per heavy atom. The molecule has 0 aliphatic carbocycles. The van der Waals surface area contributed by atoms with E-state index in [9.17, 15) is 4.79 Å². The Kier molecular flexibility index (Phi) is 6.78. The number of hydrogen-bond acceptors (Lipinski definition) is 1. The van der Waals surface area contributed by atoms with Gasteiger partial charge < -0.3 is 4.90 Å². The van der Waals surface area contributed by atoms with E-state index >= 15 is 0 Å². The smallest absolute Gasteiger partial charge is 0.254 e. The maximum absolute atomic E-state index is 12.6. The zero-order chi connectivity index (χ0) is 14.9. The van der Waals surface area contributed by atoms with Gasteiger partial charge in [0.25, 0.3) is 5.91 Å². The Morgan fingerprint density at radius 2 is 1.81 bits per heavy atom. The summed E-state index contributed by atoms with van der Waals surface area (Å²) in [6.07, 6.45) is 11.5. The van der Waals surface area contributed by atoms with Crippen molar-refractivity contribution in [2.75, 3.05) is 6.54 Å². The van der Waals surface area contributed by atoms with Crippen LogP contribution in [0.2, 0.25) is 0 Å². The molecule has 2 heteroatoms. The predicted molar refractivity (Wildman–Crippen MR) is 88.5 cm³/mol. The molecule has 0 unspecified atom stereocenters. The SMILES string of the molecule is CCCCCCCC[C@@H]1CCCN1C(=O)c1ccccc1. The number of carbonyl (C=O) groups excluding carboxylic acids is 1. The Labute approximate surface area is 129 Å². The minimum atomic E-state index is 0.226. The average molecular weight is 287 g/mol. The molecule has 1 aromatic carbocycles. The molecule has 21 heavy (non-hydrogen) atoms. The minimum Gasteiger partial charge on any atom is -0.336 e. The first-order valence-electron chi connectivity index (χ1n) is 8.69. The molecule has 1 aliphatic rings. The lowest BCUT2D eigenvalue weighted by atomic mass is 10.0. The summed E-state index contributed by atoms with van der Waals surface area (Å²) < 4.78 is 0. The van der Waals surface area contributed by atoms with Crippen molar-refractivity contribution >= 4 is 5.91 Å². The molecule has 1 amide bonds. The van der Waals surface area contributed by atoms with Crippen LogP contribution in [0.15, 0.2) is 30.3 Å². The van der Waals surface area contributed by atoms with Gasteiger partial charge in [0.1, 0.15) is 0 Å². The third kappa shape index (κ3) is 4.87. The Morgan fingerprint density at radius 1 is 1.10 bits per heavy atom. The highest BCUT2D eigenvalue weighted by Gasteiger charge is 2.28. The van der Waals surface area contributed by atoms with Crippen molar-refractivity contribution in [1.29, 1.82) is 0 Å². The van der Waals surface area contributed by atoms with Crippen LogP contribution in [0.3, 0.4) is 0 Å². The topological polar surface area (TPSA) is 20.3 Å². The van der Waals surface area contributed by atoms with E-state index in [1.165, 1.54) is 57.8 Å². The highest BCUT2D eigenvalue weighted by atomic mass is 16.2. The molecule has 0 bridgehead atoms. The van der Waals surface area contributed by atoms with Crippen LogP contribution < -0.4 is 0 Å². The molecule has 2 nitrogen and oxygen atoms in total. The number of unbranched alkanes of at least 4 members (excludes halogenated alkanes) is 5. The lowest BCUT2D eigenvalue weighted by Gasteiger charge is -2.25. The van der Waals surface area contributed by atoms with Gasteiger partial charge in [-0.1, -0.05) is 63.6 Å². The molecule has 2 rings (SSSR count). The van der Waals surface area contributed by atoms with E-state index in [-0.39, 0.29) is 5.91 Å². The van der Waals surface area contributed by atoms with Gasteiger partial charge in [-0.05, 0) is 31.4 Å². The summed E-state index contributed by atoms with van der Waals surface area (Å²) in [5, 5.41) is 0. The van der Waals surface area contributed by atoms with E-state index in [2.05, 4.69) is 11.8 Å². The van der Waals surface area contributed by atoms with Gasteiger partial charge in [-0.3, -0.25) is 4.79 Å². The van der Waals surface area contributed by atoms with Gasteiger partial charge in [-0.25, -0.2) is 0 Å². The van der Waals surface area contributed by atoms with Gasteiger partial charge in [-0.2, -0.15) is 0 Å². The molecule has 0 radical (unpaired) electrons. The molecule has 1 aliphatic heterocycles. The van der Waals surface area contributed by atoms with Crippen molar-refractivity contribution in [3.63, 3.8) is 0 Å². The largest absolute Gasteiger partial charge is 0.336 e. The number of rotatable bonds is 8. The number of hydrogen-bond donors (Lipinski definition) is 0. The number of amides is 1. The fourth-order valence-electron chi connectivity index (χ4n) is 3.31. The molecule has 1 atom stereocenters. The molecule has 0 N–H and O–H groups in total. The number of likely N-dealkylation sites (tertiary alicyclic amines) is 1. The van der Waals surface area contributed by atoms with E-state index in [1.54, 1.807) is 0 Å². The third-order valence-corrected chi connectivity index (χ3v) is 4.55. The van der Waals surface area contributed by atoms with Crippen molar-refractivity contribution in [2.45, 2.75) is 70.8 Å². The molecule has 1 fully saturated rings. The first kappa shape index (κ1) is 16.1. The van der Waals surface area contributed by atoms with Gasteiger partial charge in [-0.15, -0.1) is 0 Å². The summed E-state index contributed by atoms with van der Waals surface area (Å²) in [7, 11) is 0. The second kappa shape index (κ2) is 8.86. The minimum absolute atomic E-state index is 0.226. The predicted octanol–water partition coefficient (Wildman–Crippen LogP) is 5.04. The molecule has 0 aromatic heterocycles. The van der Waals surface area contributed by atoms with Crippen LogP contribution in [0.5, 0.6) is 0 Å². The third-order valence-electron chi connectivity index (χ3n) is 4.55. The van der Waals surface area contributed by atoms with Crippen molar-refractivity contribution < 1.29 is 4.79 Å².